The average molecular weight is 659 g/mol. The van der Waals surface area contributed by atoms with Gasteiger partial charge in [0.2, 0.25) is 5.88 Å². The molecule has 0 saturated heterocycles. The maximum Gasteiger partial charge on any atom is 0.415 e. The number of nitrogens with one attached hydrogen (secondary N) is 3. The second kappa shape index (κ2) is 12.1. The molecule has 1 aromatic carbocycles. The molecule has 2 aromatic heterocycles. The van der Waals surface area contributed by atoms with Crippen molar-refractivity contribution < 1.29 is 41.8 Å². The van der Waals surface area contributed by atoms with E-state index in [4.69, 9.17) is 14.2 Å². The smallest absolute Gasteiger partial charge is 0.415 e. The van der Waals surface area contributed by atoms with Crippen LogP contribution in [0.25, 0.3) is 21.9 Å². The average Bonchev–Trinajstić information content (AvgIpc) is 2.91. The molecule has 1 saturated carbocycles. The lowest BCUT2D eigenvalue weighted by atomic mass is 9.88. The number of pyridine rings is 2. The Morgan fingerprint density at radius 3 is 2.30 bits per heavy atom. The Morgan fingerprint density at radius 2 is 1.66 bits per heavy atom. The molecule has 1 aliphatic heterocycles. The monoisotopic (exact) mass is 658 g/mol. The molecule has 3 aromatic rings. The minimum Gasteiger partial charge on any atom is -0.474 e. The lowest BCUT2D eigenvalue weighted by Gasteiger charge is -2.35. The number of hydrogen-bond donors (Lipinski definition) is 3. The van der Waals surface area contributed by atoms with E-state index in [0.29, 0.717) is 16.6 Å². The quantitative estimate of drug-likeness (QED) is 0.268. The van der Waals surface area contributed by atoms with Gasteiger partial charge in [-0.25, -0.2) is 37.5 Å². The van der Waals surface area contributed by atoms with Crippen molar-refractivity contribution in [3.05, 3.63) is 35.9 Å². The van der Waals surface area contributed by atoms with Crippen LogP contribution in [-0.4, -0.2) is 64.5 Å². The molecule has 4 amide bonds. The van der Waals surface area contributed by atoms with E-state index in [9.17, 15) is 23.2 Å². The van der Waals surface area contributed by atoms with Crippen LogP contribution >= 0.6 is 0 Å². The summed E-state index contributed by atoms with van der Waals surface area (Å²) in [5.41, 5.74) is -0.866. The number of urea groups is 1. The van der Waals surface area contributed by atoms with Gasteiger partial charge in [-0.05, 0) is 71.5 Å². The molecule has 0 unspecified atom stereocenters. The van der Waals surface area contributed by atoms with Gasteiger partial charge in [0.05, 0.1) is 12.2 Å². The molecule has 252 valence electrons. The van der Waals surface area contributed by atoms with E-state index in [0.717, 1.165) is 0 Å². The van der Waals surface area contributed by atoms with E-state index in [1.165, 1.54) is 29.4 Å². The van der Waals surface area contributed by atoms with Crippen molar-refractivity contribution in [3.63, 3.8) is 0 Å². The number of aromatic nitrogens is 2. The van der Waals surface area contributed by atoms with E-state index >= 15 is 4.39 Å². The zero-order chi connectivity index (χ0) is 34.5. The molecule has 5 rings (SSSR count). The number of carbonyl (C=O) groups is 3. The highest BCUT2D eigenvalue weighted by Gasteiger charge is 2.46. The fourth-order valence-electron chi connectivity index (χ4n) is 5.27. The number of ether oxygens (including phenoxy) is 3. The molecule has 47 heavy (non-hydrogen) atoms. The standard InChI is InChI=1S/C32H37F3N6O6/c1-16-20(14-37-26-25(16)41(8-9-45-26)29(44)47-31(5,6)7)19-10-17-11-22(39-27(42)38-18-12-32(34,35)13-18)36-15-21(17)24(23(19)33)40-28(43)46-30(2,3)4/h10-11,14-15,18H,8-9,12-13H2,1-7H3,(H,40,43)(H2,36,38,39,42). The molecule has 1 fully saturated rings. The van der Waals surface area contributed by atoms with Gasteiger partial charge in [-0.2, -0.15) is 0 Å². The largest absolute Gasteiger partial charge is 0.474 e. The number of amides is 4. The number of alkyl halides is 2. The van der Waals surface area contributed by atoms with Crippen LogP contribution < -0.4 is 25.6 Å². The second-order valence-corrected chi connectivity index (χ2v) is 13.5. The molecule has 3 heterocycles. The van der Waals surface area contributed by atoms with E-state index in [1.54, 1.807) is 48.5 Å². The van der Waals surface area contributed by atoms with Gasteiger partial charge in [-0.1, -0.05) is 0 Å². The van der Waals surface area contributed by atoms with Crippen molar-refractivity contribution in [3.8, 4) is 17.0 Å². The molecular weight excluding hydrogens is 621 g/mol. The zero-order valence-electron chi connectivity index (χ0n) is 27.1. The summed E-state index contributed by atoms with van der Waals surface area (Å²) in [6.07, 6.45) is 0.199. The van der Waals surface area contributed by atoms with Crippen LogP contribution in [0.15, 0.2) is 24.5 Å². The molecule has 1 aliphatic carbocycles. The normalized spacial score (nSPS) is 16.0. The van der Waals surface area contributed by atoms with Crippen LogP contribution in [0.1, 0.15) is 59.9 Å². The first-order chi connectivity index (χ1) is 21.8. The van der Waals surface area contributed by atoms with Gasteiger partial charge in [0, 0.05) is 47.8 Å². The molecular formula is C32H37F3N6O6. The molecule has 2 aliphatic rings. The number of carbonyl (C=O) groups excluding carboxylic acids is 3. The number of benzene rings is 1. The highest BCUT2D eigenvalue weighted by atomic mass is 19.3. The summed E-state index contributed by atoms with van der Waals surface area (Å²) in [4.78, 5) is 48.4. The number of halogens is 3. The predicted octanol–water partition coefficient (Wildman–Crippen LogP) is 7.14. The van der Waals surface area contributed by atoms with Crippen LogP contribution in [0.3, 0.4) is 0 Å². The Balaban J connectivity index is 1.58. The Kier molecular flexibility index (Phi) is 8.62. The SMILES string of the molecule is Cc1c(-c2cc3cc(NC(=O)NC4CC(F)(F)C4)ncc3c(NC(=O)OC(C)(C)C)c2F)cnc2c1N(C(=O)OC(C)(C)C)CCO2. The molecule has 0 bridgehead atoms. The van der Waals surface area contributed by atoms with Crippen LogP contribution in [0, 0.1) is 12.7 Å². The summed E-state index contributed by atoms with van der Waals surface area (Å²) in [6.45, 7) is 12.2. The van der Waals surface area contributed by atoms with E-state index in [1.807, 2.05) is 0 Å². The minimum absolute atomic E-state index is 0.00405. The highest BCUT2D eigenvalue weighted by molar-refractivity contribution is 6.05. The Bertz CT molecular complexity index is 1750. The van der Waals surface area contributed by atoms with Crippen LogP contribution in [0.4, 0.5) is 44.7 Å². The maximum absolute atomic E-state index is 16.5. The van der Waals surface area contributed by atoms with Crippen LogP contribution in [0.5, 0.6) is 5.88 Å². The summed E-state index contributed by atoms with van der Waals surface area (Å²) in [5, 5.41) is 8.01. The van der Waals surface area contributed by atoms with Gasteiger partial charge in [0.15, 0.2) is 5.82 Å². The van der Waals surface area contributed by atoms with Crippen LogP contribution in [-0.2, 0) is 9.47 Å². The van der Waals surface area contributed by atoms with E-state index < -0.39 is 60.0 Å². The Hall–Kier alpha value is -4.82. The molecule has 3 N–H and O–H groups in total. The summed E-state index contributed by atoms with van der Waals surface area (Å²) >= 11 is 0. The van der Waals surface area contributed by atoms with E-state index in [2.05, 4.69) is 25.9 Å². The number of fused-ring (bicyclic) bond motifs is 2. The number of hydrogen-bond acceptors (Lipinski definition) is 8. The first-order valence-electron chi connectivity index (χ1n) is 15.0. The molecule has 0 spiro atoms. The fraction of sp³-hybridized carbons (Fsp3) is 0.469. The summed E-state index contributed by atoms with van der Waals surface area (Å²) in [7, 11) is 0. The lowest BCUT2D eigenvalue weighted by Crippen LogP contribution is -2.51. The van der Waals surface area contributed by atoms with Crippen molar-refractivity contribution in [2.45, 2.75) is 84.5 Å². The Labute approximate surface area is 269 Å². The van der Waals surface area contributed by atoms with Gasteiger partial charge in [0.1, 0.15) is 29.3 Å². The third-order valence-electron chi connectivity index (χ3n) is 7.25. The minimum atomic E-state index is -2.81. The van der Waals surface area contributed by atoms with Gasteiger partial charge in [0.25, 0.3) is 5.92 Å². The van der Waals surface area contributed by atoms with Gasteiger partial charge < -0.3 is 19.5 Å². The summed E-state index contributed by atoms with van der Waals surface area (Å²) < 4.78 is 59.7. The van der Waals surface area contributed by atoms with E-state index in [-0.39, 0.29) is 47.1 Å². The lowest BCUT2D eigenvalue weighted by molar-refractivity contribution is -0.0894. The third-order valence-corrected chi connectivity index (χ3v) is 7.25. The van der Waals surface area contributed by atoms with Gasteiger partial charge >= 0.3 is 18.2 Å². The van der Waals surface area contributed by atoms with Crippen molar-refractivity contribution in [2.75, 3.05) is 28.7 Å². The van der Waals surface area contributed by atoms with Crippen molar-refractivity contribution in [1.29, 1.82) is 0 Å². The first-order valence-corrected chi connectivity index (χ1v) is 15.0. The highest BCUT2D eigenvalue weighted by Crippen LogP contribution is 2.43. The molecule has 0 atom stereocenters. The number of anilines is 3. The van der Waals surface area contributed by atoms with Crippen molar-refractivity contribution in [2.24, 2.45) is 0 Å². The molecule has 15 heteroatoms. The summed E-state index contributed by atoms with van der Waals surface area (Å²) in [6, 6.07) is 1.52. The first kappa shape index (κ1) is 33.5. The zero-order valence-corrected chi connectivity index (χ0v) is 27.1. The fourth-order valence-corrected chi connectivity index (χ4v) is 5.27. The van der Waals surface area contributed by atoms with Gasteiger partial charge in [-0.15, -0.1) is 0 Å². The van der Waals surface area contributed by atoms with Crippen LogP contribution in [0.2, 0.25) is 0 Å². The number of nitrogens with zero attached hydrogens (tertiary/aromatic N) is 3. The van der Waals surface area contributed by atoms with Crippen molar-refractivity contribution in [1.82, 2.24) is 15.3 Å². The third kappa shape index (κ3) is 7.60. The second-order valence-electron chi connectivity index (χ2n) is 13.5. The predicted molar refractivity (Wildman–Crippen MR) is 169 cm³/mol. The summed E-state index contributed by atoms with van der Waals surface area (Å²) in [5.74, 6) is -3.43. The topological polar surface area (TPSA) is 144 Å². The maximum atomic E-state index is 16.5. The number of rotatable bonds is 4. The molecule has 12 nitrogen and oxygen atoms in total. The van der Waals surface area contributed by atoms with Gasteiger partial charge in [-0.3, -0.25) is 15.5 Å². The molecule has 0 radical (unpaired) electrons. The van der Waals surface area contributed by atoms with Crippen molar-refractivity contribution >= 4 is 46.2 Å². The Morgan fingerprint density at radius 1 is 0.979 bits per heavy atom.